The molecule has 6 heteroatoms. The lowest BCUT2D eigenvalue weighted by atomic mass is 9.90. The minimum atomic E-state index is -3.59. The maximum absolute atomic E-state index is 12.6. The fourth-order valence-electron chi connectivity index (χ4n) is 2.58. The topological polar surface area (TPSA) is 72.0 Å². The Balaban J connectivity index is 2.50. The van der Waals surface area contributed by atoms with Gasteiger partial charge in [-0.25, -0.2) is 18.1 Å². The zero-order valence-corrected chi connectivity index (χ0v) is 16.8. The molecule has 0 unspecified atom stereocenters. The summed E-state index contributed by atoms with van der Waals surface area (Å²) in [6.45, 7) is 13.6. The van der Waals surface area contributed by atoms with Crippen molar-refractivity contribution < 1.29 is 8.42 Å². The molecule has 1 aromatic carbocycles. The monoisotopic (exact) mass is 361 g/mol. The largest absolute Gasteiger partial charge is 0.257 e. The second-order valence-corrected chi connectivity index (χ2v) is 10.0. The first-order valence-electron chi connectivity index (χ1n) is 8.28. The van der Waals surface area contributed by atoms with Crippen molar-refractivity contribution in [3.63, 3.8) is 0 Å². The number of aryl methyl sites for hydroxylation is 1. The highest BCUT2D eigenvalue weighted by Gasteiger charge is 2.23. The Morgan fingerprint density at radius 3 is 2.24 bits per heavy atom. The van der Waals surface area contributed by atoms with E-state index in [4.69, 9.17) is 4.98 Å². The van der Waals surface area contributed by atoms with Gasteiger partial charge in [0.1, 0.15) is 0 Å². The summed E-state index contributed by atoms with van der Waals surface area (Å²) in [4.78, 5) is 9.40. The molecule has 136 valence electrons. The zero-order chi connectivity index (χ0) is 19.0. The van der Waals surface area contributed by atoms with Crippen LogP contribution in [0.2, 0.25) is 0 Å². The Labute approximate surface area is 151 Å². The molecule has 5 nitrogen and oxygen atoms in total. The quantitative estimate of drug-likeness (QED) is 0.902. The van der Waals surface area contributed by atoms with Gasteiger partial charge in [-0.2, -0.15) is 0 Å². The maximum Gasteiger partial charge on any atom is 0.241 e. The molecule has 0 atom stereocenters. The van der Waals surface area contributed by atoms with Crippen molar-refractivity contribution in [1.82, 2.24) is 14.7 Å². The van der Waals surface area contributed by atoms with Crippen LogP contribution in [0.3, 0.4) is 0 Å². The van der Waals surface area contributed by atoms with Crippen LogP contribution in [0, 0.1) is 6.92 Å². The van der Waals surface area contributed by atoms with Crippen LogP contribution in [0.4, 0.5) is 0 Å². The molecule has 1 aromatic heterocycles. The van der Waals surface area contributed by atoms with Crippen LogP contribution < -0.4 is 4.72 Å². The van der Waals surface area contributed by atoms with Gasteiger partial charge >= 0.3 is 0 Å². The van der Waals surface area contributed by atoms with Gasteiger partial charge < -0.3 is 0 Å². The fraction of sp³-hybridized carbons (Fsp3) is 0.474. The summed E-state index contributed by atoms with van der Waals surface area (Å²) in [5, 5.41) is 0. The molecule has 0 spiro atoms. The lowest BCUT2D eigenvalue weighted by Gasteiger charge is -2.21. The molecule has 0 aliphatic carbocycles. The summed E-state index contributed by atoms with van der Waals surface area (Å²) < 4.78 is 27.8. The molecule has 0 saturated carbocycles. The molecule has 25 heavy (non-hydrogen) atoms. The van der Waals surface area contributed by atoms with E-state index in [1.165, 1.54) is 0 Å². The van der Waals surface area contributed by atoms with Crippen molar-refractivity contribution in [3.8, 4) is 11.3 Å². The second-order valence-electron chi connectivity index (χ2n) is 8.32. The molecule has 0 amide bonds. The van der Waals surface area contributed by atoms with E-state index < -0.39 is 15.6 Å². The average Bonchev–Trinajstić information content (AvgIpc) is 2.44. The van der Waals surface area contributed by atoms with Crippen molar-refractivity contribution in [1.29, 1.82) is 0 Å². The van der Waals surface area contributed by atoms with Crippen molar-refractivity contribution in [3.05, 3.63) is 41.9 Å². The van der Waals surface area contributed by atoms with Gasteiger partial charge in [0, 0.05) is 16.5 Å². The number of aromatic nitrogens is 2. The van der Waals surface area contributed by atoms with E-state index in [2.05, 4.69) is 30.5 Å². The van der Waals surface area contributed by atoms with Gasteiger partial charge in [-0.1, -0.05) is 32.9 Å². The van der Waals surface area contributed by atoms with Gasteiger partial charge in [0.25, 0.3) is 0 Å². The van der Waals surface area contributed by atoms with Crippen LogP contribution in [0.15, 0.2) is 35.4 Å². The van der Waals surface area contributed by atoms with Gasteiger partial charge in [0.05, 0.1) is 28.2 Å². The summed E-state index contributed by atoms with van der Waals surface area (Å²) in [6, 6.07) is 6.80. The van der Waals surface area contributed by atoms with E-state index in [1.807, 2.05) is 33.8 Å². The highest BCUT2D eigenvalue weighted by Crippen LogP contribution is 2.27. The predicted molar refractivity (Wildman–Crippen MR) is 101 cm³/mol. The lowest BCUT2D eigenvalue weighted by Crippen LogP contribution is -2.40. The minimum Gasteiger partial charge on any atom is -0.257 e. The molecular formula is C19H27N3O2S. The standard InChI is InChI=1S/C19H27N3O2S/c1-13-17(18(2,3)4)21-16(12-20-13)14-9-8-10-15(11-14)25(23,24)22-19(5,6)7/h8-12,22H,1-7H3. The second kappa shape index (κ2) is 6.50. The van der Waals surface area contributed by atoms with Crippen molar-refractivity contribution in [2.75, 3.05) is 0 Å². The van der Waals surface area contributed by atoms with Crippen LogP contribution in [-0.4, -0.2) is 23.9 Å². The number of sulfonamides is 1. The van der Waals surface area contributed by atoms with Crippen molar-refractivity contribution in [2.45, 2.75) is 64.3 Å². The fourth-order valence-corrected chi connectivity index (χ4v) is 4.05. The third-order valence-corrected chi connectivity index (χ3v) is 5.30. The minimum absolute atomic E-state index is 0.134. The third-order valence-electron chi connectivity index (χ3n) is 3.55. The van der Waals surface area contributed by atoms with Gasteiger partial charge in [-0.05, 0) is 39.8 Å². The van der Waals surface area contributed by atoms with Crippen LogP contribution in [0.5, 0.6) is 0 Å². The molecule has 2 aromatic rings. The molecule has 2 rings (SSSR count). The van der Waals surface area contributed by atoms with Crippen molar-refractivity contribution >= 4 is 10.0 Å². The zero-order valence-electron chi connectivity index (χ0n) is 16.0. The van der Waals surface area contributed by atoms with E-state index in [-0.39, 0.29) is 10.3 Å². The molecule has 1 N–H and O–H groups in total. The SMILES string of the molecule is Cc1ncc(-c2cccc(S(=O)(=O)NC(C)(C)C)c2)nc1C(C)(C)C. The Kier molecular flexibility index (Phi) is 5.08. The van der Waals surface area contributed by atoms with E-state index >= 15 is 0 Å². The maximum atomic E-state index is 12.6. The van der Waals surface area contributed by atoms with Crippen LogP contribution in [0.1, 0.15) is 52.9 Å². The molecule has 0 fully saturated rings. The Morgan fingerprint density at radius 1 is 1.04 bits per heavy atom. The smallest absolute Gasteiger partial charge is 0.241 e. The van der Waals surface area contributed by atoms with E-state index in [0.29, 0.717) is 5.69 Å². The van der Waals surface area contributed by atoms with Gasteiger partial charge in [-0.3, -0.25) is 4.98 Å². The van der Waals surface area contributed by atoms with Gasteiger partial charge in [0.2, 0.25) is 10.0 Å². The Hall–Kier alpha value is -1.79. The van der Waals surface area contributed by atoms with E-state index in [1.54, 1.807) is 24.4 Å². The molecule has 0 aliphatic rings. The van der Waals surface area contributed by atoms with Crippen LogP contribution >= 0.6 is 0 Å². The average molecular weight is 362 g/mol. The molecule has 0 bridgehead atoms. The van der Waals surface area contributed by atoms with Crippen molar-refractivity contribution in [2.24, 2.45) is 0 Å². The Bertz CT molecular complexity index is 876. The van der Waals surface area contributed by atoms with Crippen LogP contribution in [0.25, 0.3) is 11.3 Å². The van der Waals surface area contributed by atoms with E-state index in [0.717, 1.165) is 17.0 Å². The summed E-state index contributed by atoms with van der Waals surface area (Å²) >= 11 is 0. The van der Waals surface area contributed by atoms with Gasteiger partial charge in [-0.15, -0.1) is 0 Å². The summed E-state index contributed by atoms with van der Waals surface area (Å²) in [5.74, 6) is 0. The highest BCUT2D eigenvalue weighted by molar-refractivity contribution is 7.89. The molecule has 0 aliphatic heterocycles. The summed E-state index contributed by atoms with van der Waals surface area (Å²) in [6.07, 6.45) is 1.69. The normalized spacial score (nSPS) is 13.1. The molecule has 1 heterocycles. The lowest BCUT2D eigenvalue weighted by molar-refractivity contribution is 0.491. The molecular weight excluding hydrogens is 334 g/mol. The first-order chi connectivity index (χ1) is 11.3. The Morgan fingerprint density at radius 2 is 1.68 bits per heavy atom. The number of hydrogen-bond donors (Lipinski definition) is 1. The first kappa shape index (κ1) is 19.5. The number of nitrogens with zero attached hydrogens (tertiary/aromatic N) is 2. The van der Waals surface area contributed by atoms with E-state index in [9.17, 15) is 8.42 Å². The first-order valence-corrected chi connectivity index (χ1v) is 9.76. The number of hydrogen-bond acceptors (Lipinski definition) is 4. The number of benzene rings is 1. The number of nitrogens with one attached hydrogen (secondary N) is 1. The molecule has 0 radical (unpaired) electrons. The predicted octanol–water partition coefficient (Wildman–Crippen LogP) is 3.83. The summed E-state index contributed by atoms with van der Waals surface area (Å²) in [7, 11) is -3.59. The summed E-state index contributed by atoms with van der Waals surface area (Å²) in [5.41, 5.74) is 2.52. The third kappa shape index (κ3) is 4.86. The highest BCUT2D eigenvalue weighted by atomic mass is 32.2. The number of rotatable bonds is 3. The van der Waals surface area contributed by atoms with Crippen LogP contribution in [-0.2, 0) is 15.4 Å². The molecule has 0 saturated heterocycles. The van der Waals surface area contributed by atoms with Gasteiger partial charge in [0.15, 0.2) is 0 Å².